The van der Waals surface area contributed by atoms with Gasteiger partial charge in [-0.1, -0.05) is 17.7 Å². The van der Waals surface area contributed by atoms with Gasteiger partial charge in [0.2, 0.25) is 0 Å². The van der Waals surface area contributed by atoms with Crippen molar-refractivity contribution in [1.29, 1.82) is 0 Å². The summed E-state index contributed by atoms with van der Waals surface area (Å²) in [6.45, 7) is 0.662. The number of benzene rings is 1. The molecule has 13 heavy (non-hydrogen) atoms. The molecule has 0 radical (unpaired) electrons. The molecule has 0 aliphatic carbocycles. The number of fused-ring (bicyclic) bond motifs is 1. The van der Waals surface area contributed by atoms with Crippen LogP contribution in [0.5, 0.6) is 0 Å². The third-order valence-electron chi connectivity index (χ3n) is 1.85. The Kier molecular flexibility index (Phi) is 2.54. The average molecular weight is 213 g/mol. The Morgan fingerprint density at radius 3 is 3.00 bits per heavy atom. The molecule has 0 fully saturated rings. The zero-order valence-electron chi connectivity index (χ0n) is 7.21. The van der Waals surface area contributed by atoms with Gasteiger partial charge in [-0.15, -0.1) is 11.3 Å². The maximum atomic E-state index is 6.04. The maximum absolute atomic E-state index is 6.04. The van der Waals surface area contributed by atoms with Crippen LogP contribution in [-0.4, -0.2) is 7.11 Å². The summed E-state index contributed by atoms with van der Waals surface area (Å²) < 4.78 is 6.29. The second kappa shape index (κ2) is 3.66. The van der Waals surface area contributed by atoms with Gasteiger partial charge in [0.1, 0.15) is 0 Å². The molecule has 0 aliphatic rings. The summed E-state index contributed by atoms with van der Waals surface area (Å²) in [6.07, 6.45) is 0. The second-order valence-electron chi connectivity index (χ2n) is 2.80. The van der Waals surface area contributed by atoms with Gasteiger partial charge in [-0.2, -0.15) is 0 Å². The molecular weight excluding hydrogens is 204 g/mol. The first-order valence-electron chi connectivity index (χ1n) is 3.97. The van der Waals surface area contributed by atoms with E-state index >= 15 is 0 Å². The molecule has 1 aromatic heterocycles. The minimum absolute atomic E-state index is 0.662. The van der Waals surface area contributed by atoms with Crippen LogP contribution in [0.2, 0.25) is 5.02 Å². The highest BCUT2D eigenvalue weighted by Gasteiger charge is 2.03. The summed E-state index contributed by atoms with van der Waals surface area (Å²) >= 11 is 7.76. The number of ether oxygens (including phenoxy) is 1. The smallest absolute Gasteiger partial charge is 0.0806 e. The molecule has 68 valence electrons. The largest absolute Gasteiger partial charge is 0.379 e. The second-order valence-corrected chi connectivity index (χ2v) is 4.37. The van der Waals surface area contributed by atoms with Crippen molar-refractivity contribution >= 4 is 33.0 Å². The predicted octanol–water partition coefficient (Wildman–Crippen LogP) is 3.70. The molecule has 0 amide bonds. The highest BCUT2D eigenvalue weighted by molar-refractivity contribution is 7.19. The zero-order valence-corrected chi connectivity index (χ0v) is 8.78. The Bertz CT molecular complexity index is 422. The first-order valence-corrected chi connectivity index (χ1v) is 5.16. The first kappa shape index (κ1) is 9.00. The van der Waals surface area contributed by atoms with Crippen LogP contribution in [0.3, 0.4) is 0 Å². The van der Waals surface area contributed by atoms with Crippen LogP contribution < -0.4 is 0 Å². The van der Waals surface area contributed by atoms with E-state index in [0.29, 0.717) is 6.61 Å². The van der Waals surface area contributed by atoms with E-state index in [4.69, 9.17) is 16.3 Å². The molecule has 0 atom stereocenters. The average Bonchev–Trinajstić information content (AvgIpc) is 2.49. The van der Waals surface area contributed by atoms with Crippen molar-refractivity contribution in [2.75, 3.05) is 7.11 Å². The van der Waals surface area contributed by atoms with E-state index in [1.165, 1.54) is 9.58 Å². The summed E-state index contributed by atoms with van der Waals surface area (Å²) in [5.41, 5.74) is 0. The van der Waals surface area contributed by atoms with Gasteiger partial charge in [0.15, 0.2) is 0 Å². The van der Waals surface area contributed by atoms with E-state index < -0.39 is 0 Å². The van der Waals surface area contributed by atoms with E-state index in [-0.39, 0.29) is 0 Å². The standard InChI is InChI=1S/C10H9ClOS/c1-12-6-7-5-8-9(11)3-2-4-10(8)13-7/h2-5H,6H2,1H3. The Morgan fingerprint density at radius 1 is 1.46 bits per heavy atom. The van der Waals surface area contributed by atoms with E-state index in [0.717, 1.165) is 10.4 Å². The first-order chi connectivity index (χ1) is 6.31. The minimum Gasteiger partial charge on any atom is -0.379 e. The molecule has 0 unspecified atom stereocenters. The molecular formula is C10H9ClOS. The lowest BCUT2D eigenvalue weighted by Crippen LogP contribution is -1.79. The van der Waals surface area contributed by atoms with Gasteiger partial charge in [-0.3, -0.25) is 0 Å². The molecule has 0 bridgehead atoms. The van der Waals surface area contributed by atoms with Crippen molar-refractivity contribution < 1.29 is 4.74 Å². The third kappa shape index (κ3) is 1.70. The molecule has 3 heteroatoms. The Morgan fingerprint density at radius 2 is 2.31 bits per heavy atom. The number of methoxy groups -OCH3 is 1. The predicted molar refractivity (Wildman–Crippen MR) is 57.5 cm³/mol. The van der Waals surface area contributed by atoms with Gasteiger partial charge >= 0.3 is 0 Å². The molecule has 0 saturated carbocycles. The number of rotatable bonds is 2. The molecule has 2 rings (SSSR count). The summed E-state index contributed by atoms with van der Waals surface area (Å²) in [7, 11) is 1.70. The summed E-state index contributed by atoms with van der Waals surface area (Å²) in [6, 6.07) is 8.04. The van der Waals surface area contributed by atoms with E-state index in [1.54, 1.807) is 18.4 Å². The van der Waals surface area contributed by atoms with Crippen LogP contribution in [0, 0.1) is 0 Å². The maximum Gasteiger partial charge on any atom is 0.0806 e. The quantitative estimate of drug-likeness (QED) is 0.738. The van der Waals surface area contributed by atoms with Gasteiger partial charge in [0.05, 0.1) is 6.61 Å². The number of thiophene rings is 1. The lowest BCUT2D eigenvalue weighted by Gasteiger charge is -1.90. The van der Waals surface area contributed by atoms with Crippen molar-refractivity contribution in [3.8, 4) is 0 Å². The van der Waals surface area contributed by atoms with Gasteiger partial charge < -0.3 is 4.74 Å². The summed E-state index contributed by atoms with van der Waals surface area (Å²) in [4.78, 5) is 1.21. The molecule has 1 aromatic carbocycles. The van der Waals surface area contributed by atoms with Gasteiger partial charge in [-0.05, 0) is 18.2 Å². The third-order valence-corrected chi connectivity index (χ3v) is 3.25. The van der Waals surface area contributed by atoms with Gasteiger partial charge in [-0.25, -0.2) is 0 Å². The monoisotopic (exact) mass is 212 g/mol. The van der Waals surface area contributed by atoms with E-state index in [9.17, 15) is 0 Å². The molecule has 0 aliphatic heterocycles. The molecule has 1 heterocycles. The van der Waals surface area contributed by atoms with Crippen LogP contribution in [0.4, 0.5) is 0 Å². The van der Waals surface area contributed by atoms with Crippen LogP contribution in [-0.2, 0) is 11.3 Å². The number of hydrogen-bond donors (Lipinski definition) is 0. The lowest BCUT2D eigenvalue weighted by molar-refractivity contribution is 0.187. The summed E-state index contributed by atoms with van der Waals surface area (Å²) in [5, 5.41) is 1.94. The molecule has 1 nitrogen and oxygen atoms in total. The molecule has 0 saturated heterocycles. The SMILES string of the molecule is COCc1cc2c(Cl)cccc2s1. The van der Waals surface area contributed by atoms with Crippen LogP contribution in [0.25, 0.3) is 10.1 Å². The Balaban J connectivity index is 2.55. The summed E-state index contributed by atoms with van der Waals surface area (Å²) in [5.74, 6) is 0. The zero-order chi connectivity index (χ0) is 9.26. The molecule has 2 aromatic rings. The van der Waals surface area contributed by atoms with E-state index in [2.05, 4.69) is 12.1 Å². The van der Waals surface area contributed by atoms with Crippen LogP contribution in [0.1, 0.15) is 4.88 Å². The van der Waals surface area contributed by atoms with Gasteiger partial charge in [0, 0.05) is 27.1 Å². The highest BCUT2D eigenvalue weighted by atomic mass is 35.5. The Labute approximate surface area is 85.9 Å². The van der Waals surface area contributed by atoms with Gasteiger partial charge in [0.25, 0.3) is 0 Å². The fraction of sp³-hybridized carbons (Fsp3) is 0.200. The fourth-order valence-electron chi connectivity index (χ4n) is 1.29. The normalized spacial score (nSPS) is 10.9. The van der Waals surface area contributed by atoms with Crippen molar-refractivity contribution in [3.05, 3.63) is 34.2 Å². The molecule has 0 N–H and O–H groups in total. The molecule has 0 spiro atoms. The highest BCUT2D eigenvalue weighted by Crippen LogP contribution is 2.31. The van der Waals surface area contributed by atoms with Crippen molar-refractivity contribution in [2.45, 2.75) is 6.61 Å². The minimum atomic E-state index is 0.662. The van der Waals surface area contributed by atoms with Crippen LogP contribution >= 0.6 is 22.9 Å². The van der Waals surface area contributed by atoms with Crippen molar-refractivity contribution in [3.63, 3.8) is 0 Å². The Hall–Kier alpha value is -0.570. The number of halogens is 1. The van der Waals surface area contributed by atoms with Crippen molar-refractivity contribution in [1.82, 2.24) is 0 Å². The topological polar surface area (TPSA) is 9.23 Å². The number of hydrogen-bond acceptors (Lipinski definition) is 2. The lowest BCUT2D eigenvalue weighted by atomic mass is 10.2. The van der Waals surface area contributed by atoms with Crippen molar-refractivity contribution in [2.24, 2.45) is 0 Å². The fourth-order valence-corrected chi connectivity index (χ4v) is 2.64. The van der Waals surface area contributed by atoms with E-state index in [1.807, 2.05) is 12.1 Å². The van der Waals surface area contributed by atoms with Crippen LogP contribution in [0.15, 0.2) is 24.3 Å².